The third-order valence-electron chi connectivity index (χ3n) is 20.2. The topological polar surface area (TPSA) is 23.3 Å². The molecule has 6 heteroatoms. The Morgan fingerprint density at radius 1 is 0.291 bits per heavy atom. The normalized spacial score (nSPS) is 14.9. The molecule has 6 heterocycles. The molecule has 6 aromatic carbocycles. The average molecular weight is 1390 g/mol. The van der Waals surface area contributed by atoms with Crippen LogP contribution in [0.2, 0.25) is 0 Å². The molecular weight excluding hydrogens is 1250 g/mol. The van der Waals surface area contributed by atoms with Crippen LogP contribution in [0.3, 0.4) is 0 Å². The van der Waals surface area contributed by atoms with Crippen LogP contribution >= 0.6 is 0 Å². The van der Waals surface area contributed by atoms with Crippen molar-refractivity contribution in [2.45, 2.75) is 171 Å². The standard InChI is InChI=1S/3C17H22N.C16H20N.2C15H18N/c1-11-9-7-8-10-16(11)17-14(4)12(2)13(3)15(5)18(17)6;1-12(2)15-10-14(4)17(18(5)11-15)16-9-7-6-8-13(16)3;1-12(2)15-10-11-17(18(5)14(15)4)16-9-7-6-8-13(16)3;1-11-8-6-7-9-15(11)16-10-12(2)13(3)14(4)17(16)5;1-11-9-13(3)16(4)15(10-11)14-8-6-5-7-12(14)2;1-11-9-10-15(16(4)13(11)3)14-8-6-5-7-12(14)2/h7-10H,1-6H3;2*6-12H,1-5H3;6-10H,1-5H3;2*5-10H,1-4H3/q6*+1/i3D3;2*1D3,12D;3D3;;1D3. The second-order valence-electron chi connectivity index (χ2n) is 27.5. The van der Waals surface area contributed by atoms with E-state index in [2.05, 4.69) is 158 Å². The first-order chi connectivity index (χ1) is 55.4. The van der Waals surface area contributed by atoms with E-state index in [9.17, 15) is 0 Å². The van der Waals surface area contributed by atoms with Crippen LogP contribution in [0.4, 0.5) is 0 Å². The molecule has 0 aliphatic rings. The lowest BCUT2D eigenvalue weighted by atomic mass is 9.95. The van der Waals surface area contributed by atoms with Gasteiger partial charge in [0.05, 0.1) is 0 Å². The SMILES string of the molecule is Cc1cc(C)[n+](C)c(-c2ccccc2C)c1.[2H]C([2H])([2H])C([2H])(C)c1cc(C)c(-c2ccccc2C)[n+](C)c1.[2H]C([2H])([2H])C([2H])(C)c1ccc(-c2ccccc2C)[n+](C)c1C.[2H]C([2H])([2H])c1c(C)c(C)c(-c2ccccc2C)[n+](C)c1C.[2H]C([2H])([2H])c1c(C)cc(-c2ccccc2C)[n+](C)c1C.[2H]C([2H])([2H])c1ccc(-c2ccccc2C)[n+](C)c1C. The van der Waals surface area contributed by atoms with E-state index in [1.54, 1.807) is 18.3 Å². The maximum atomic E-state index is 8.30. The molecular formula is C97H122N6+6. The van der Waals surface area contributed by atoms with Gasteiger partial charge in [-0.1, -0.05) is 137 Å². The summed E-state index contributed by atoms with van der Waals surface area (Å²) in [7, 11) is 11.7. The highest BCUT2D eigenvalue weighted by molar-refractivity contribution is 5.68. The molecule has 0 N–H and O–H groups in total. The van der Waals surface area contributed by atoms with Gasteiger partial charge in [-0.2, -0.15) is 22.8 Å². The third-order valence-corrected chi connectivity index (χ3v) is 20.2. The van der Waals surface area contributed by atoms with Crippen LogP contribution in [0.5, 0.6) is 0 Å². The largest absolute Gasteiger partial charge is 0.215 e. The van der Waals surface area contributed by atoms with Gasteiger partial charge in [-0.05, 0) is 213 Å². The van der Waals surface area contributed by atoms with Crippen molar-refractivity contribution in [3.63, 3.8) is 0 Å². The first-order valence-electron chi connectivity index (χ1n) is 43.8. The Hall–Kier alpha value is -9.78. The first kappa shape index (κ1) is 58.7. The van der Waals surface area contributed by atoms with Gasteiger partial charge in [0, 0.05) is 161 Å². The highest BCUT2D eigenvalue weighted by Gasteiger charge is 2.25. The van der Waals surface area contributed by atoms with Crippen molar-refractivity contribution in [1.82, 2.24) is 0 Å². The lowest BCUT2D eigenvalue weighted by Crippen LogP contribution is -2.37. The minimum Gasteiger partial charge on any atom is -0.201 e. The molecule has 0 spiro atoms. The average Bonchev–Trinajstić information content (AvgIpc) is 0.728. The molecule has 0 aliphatic heterocycles. The van der Waals surface area contributed by atoms with E-state index in [4.69, 9.17) is 23.3 Å². The fourth-order valence-electron chi connectivity index (χ4n) is 13.2. The number of aromatic nitrogens is 6. The number of hydrogen-bond donors (Lipinski definition) is 0. The van der Waals surface area contributed by atoms with Gasteiger partial charge in [-0.15, -0.1) is 0 Å². The van der Waals surface area contributed by atoms with Gasteiger partial charge in [0.1, 0.15) is 42.3 Å². The second kappa shape index (κ2) is 35.9. The lowest BCUT2D eigenvalue weighted by Gasteiger charge is -2.13. The fourth-order valence-corrected chi connectivity index (χ4v) is 13.2. The van der Waals surface area contributed by atoms with Crippen molar-refractivity contribution in [2.24, 2.45) is 42.3 Å². The fraction of sp³-hybridized carbons (Fsp3) is 0.320. The monoisotopic (exact) mass is 1390 g/mol. The van der Waals surface area contributed by atoms with Gasteiger partial charge < -0.3 is 0 Å². The Morgan fingerprint density at radius 3 is 1.13 bits per heavy atom. The van der Waals surface area contributed by atoms with Crippen LogP contribution in [0.1, 0.15) is 180 Å². The number of nitrogens with zero attached hydrogens (tertiary/aromatic N) is 6. The predicted molar refractivity (Wildman–Crippen MR) is 437 cm³/mol. The van der Waals surface area contributed by atoms with E-state index in [0.717, 1.165) is 107 Å². The maximum absolute atomic E-state index is 8.30. The van der Waals surface area contributed by atoms with Crippen LogP contribution in [0, 0.1) is 131 Å². The van der Waals surface area contributed by atoms with Crippen molar-refractivity contribution >= 4 is 0 Å². The van der Waals surface area contributed by atoms with Gasteiger partial charge in [-0.25, -0.2) is 4.57 Å². The van der Waals surface area contributed by atoms with Crippen LogP contribution in [-0.4, -0.2) is 0 Å². The zero-order valence-electron chi connectivity index (χ0n) is 82.7. The molecule has 12 aromatic rings. The summed E-state index contributed by atoms with van der Waals surface area (Å²) >= 11 is 0. The molecule has 6 aromatic heterocycles. The molecule has 6 nitrogen and oxygen atoms in total. The molecule has 534 valence electrons. The first-order valence-corrected chi connectivity index (χ1v) is 35.3. The zero-order valence-corrected chi connectivity index (χ0v) is 65.7. The number of rotatable bonds is 8. The number of aryl methyl sites for hydroxylation is 12. The van der Waals surface area contributed by atoms with Crippen molar-refractivity contribution in [3.8, 4) is 67.5 Å². The van der Waals surface area contributed by atoms with Gasteiger partial charge in [0.15, 0.2) is 34.7 Å². The molecule has 2 atom stereocenters. The van der Waals surface area contributed by atoms with Crippen LogP contribution in [-0.2, 0) is 42.3 Å². The van der Waals surface area contributed by atoms with E-state index < -0.39 is 46.0 Å². The van der Waals surface area contributed by atoms with Gasteiger partial charge in [-0.3, -0.25) is 0 Å². The zero-order chi connectivity index (χ0) is 90.4. The van der Waals surface area contributed by atoms with E-state index in [1.165, 1.54) is 64.2 Å². The van der Waals surface area contributed by atoms with E-state index >= 15 is 0 Å². The minimum absolute atomic E-state index is 0.410. The van der Waals surface area contributed by atoms with Crippen LogP contribution in [0.15, 0.2) is 200 Å². The number of pyridine rings is 6. The van der Waals surface area contributed by atoms with Crippen molar-refractivity contribution < 1.29 is 50.7 Å². The highest BCUT2D eigenvalue weighted by Crippen LogP contribution is 2.31. The van der Waals surface area contributed by atoms with Crippen molar-refractivity contribution in [3.05, 3.63) is 318 Å². The quantitative estimate of drug-likeness (QED) is 0.135. The molecule has 0 saturated carbocycles. The number of benzene rings is 6. The summed E-state index contributed by atoms with van der Waals surface area (Å²) in [6.45, 7) is 23.9. The summed E-state index contributed by atoms with van der Waals surface area (Å²) in [6, 6.07) is 64.7. The molecule has 0 fully saturated rings. The molecule has 0 aliphatic carbocycles. The van der Waals surface area contributed by atoms with Crippen molar-refractivity contribution in [1.29, 1.82) is 0 Å². The third kappa shape index (κ3) is 19.1. The lowest BCUT2D eigenvalue weighted by molar-refractivity contribution is -0.667. The molecule has 2 unspecified atom stereocenters. The smallest absolute Gasteiger partial charge is 0.201 e. The Bertz CT molecular complexity index is 5650. The molecule has 0 saturated heterocycles. The van der Waals surface area contributed by atoms with E-state index in [-0.39, 0.29) is 0 Å². The summed E-state index contributed by atoms with van der Waals surface area (Å²) in [4.78, 5) is 0. The summed E-state index contributed by atoms with van der Waals surface area (Å²) in [5.41, 5.74) is 32.5. The van der Waals surface area contributed by atoms with E-state index in [0.29, 0.717) is 27.8 Å². The predicted octanol–water partition coefficient (Wildman–Crippen LogP) is 21.2. The number of hydrogen-bond acceptors (Lipinski definition) is 0. The molecule has 103 heavy (non-hydrogen) atoms. The highest BCUT2D eigenvalue weighted by atomic mass is 15.0. The molecule has 0 amide bonds. The van der Waals surface area contributed by atoms with Gasteiger partial charge in [0.25, 0.3) is 0 Å². The Kier molecular flexibility index (Phi) is 20.5. The van der Waals surface area contributed by atoms with E-state index in [1.807, 2.05) is 204 Å². The summed E-state index contributed by atoms with van der Waals surface area (Å²) < 4.78 is 143. The Labute approximate surface area is 646 Å². The van der Waals surface area contributed by atoms with Gasteiger partial charge >= 0.3 is 0 Å². The van der Waals surface area contributed by atoms with Gasteiger partial charge in [0.2, 0.25) is 34.2 Å². The summed E-state index contributed by atoms with van der Waals surface area (Å²) in [5.74, 6) is -3.25. The molecule has 0 radical (unpaired) electrons. The second-order valence-corrected chi connectivity index (χ2v) is 27.5. The van der Waals surface area contributed by atoms with Crippen LogP contribution in [0.25, 0.3) is 67.5 Å². The Balaban J connectivity index is 0.000000199. The minimum atomic E-state index is -2.37. The summed E-state index contributed by atoms with van der Waals surface area (Å²) in [6.07, 6.45) is 1.76. The van der Waals surface area contributed by atoms with Crippen molar-refractivity contribution in [2.75, 3.05) is 0 Å². The Morgan fingerprint density at radius 2 is 0.689 bits per heavy atom. The molecule has 0 bridgehead atoms. The molecule has 12 rings (SSSR count). The van der Waals surface area contributed by atoms with Crippen LogP contribution < -0.4 is 27.4 Å². The summed E-state index contributed by atoms with van der Waals surface area (Å²) in [5, 5.41) is 0. The maximum Gasteiger partial charge on any atom is 0.215 e.